The Labute approximate surface area is 158 Å². The van der Waals surface area contributed by atoms with Crippen molar-refractivity contribution in [3.63, 3.8) is 0 Å². The van der Waals surface area contributed by atoms with E-state index in [1.807, 2.05) is 19.9 Å². The summed E-state index contributed by atoms with van der Waals surface area (Å²) in [6, 6.07) is 14.3. The summed E-state index contributed by atoms with van der Waals surface area (Å²) >= 11 is 0. The standard InChI is InChI=1S/C22H23NO4/c1-3-5-14-27-22(25)20-15-23(16-10-12-17(13-11-16)26-4-2)21(24)19-9-7-6-8-18(19)20/h6-13,15H,3-5,14H2,1-2H3. The zero-order chi connectivity index (χ0) is 19.2. The summed E-state index contributed by atoms with van der Waals surface area (Å²) in [5.41, 5.74) is 0.867. The number of ether oxygens (including phenoxy) is 2. The van der Waals surface area contributed by atoms with Crippen molar-refractivity contribution < 1.29 is 14.3 Å². The van der Waals surface area contributed by atoms with Gasteiger partial charge in [-0.15, -0.1) is 0 Å². The largest absolute Gasteiger partial charge is 0.494 e. The molecule has 0 N–H and O–H groups in total. The lowest BCUT2D eigenvalue weighted by Crippen LogP contribution is -2.21. The van der Waals surface area contributed by atoms with Gasteiger partial charge in [-0.05, 0) is 43.7 Å². The maximum atomic E-state index is 13.0. The first kappa shape index (κ1) is 18.7. The van der Waals surface area contributed by atoms with Gasteiger partial charge in [-0.1, -0.05) is 31.5 Å². The fraction of sp³-hybridized carbons (Fsp3) is 0.273. The van der Waals surface area contributed by atoms with Crippen LogP contribution in [0, 0.1) is 0 Å². The van der Waals surface area contributed by atoms with E-state index in [1.165, 1.54) is 4.57 Å². The molecule has 0 fully saturated rings. The second kappa shape index (κ2) is 8.54. The third kappa shape index (κ3) is 4.03. The van der Waals surface area contributed by atoms with Gasteiger partial charge in [-0.25, -0.2) is 4.79 Å². The van der Waals surface area contributed by atoms with E-state index in [1.54, 1.807) is 48.7 Å². The first-order valence-electron chi connectivity index (χ1n) is 9.20. The van der Waals surface area contributed by atoms with E-state index < -0.39 is 5.97 Å². The Kier molecular flexibility index (Phi) is 5.91. The number of fused-ring (bicyclic) bond motifs is 1. The van der Waals surface area contributed by atoms with Crippen LogP contribution in [0.1, 0.15) is 37.0 Å². The number of hydrogen-bond donors (Lipinski definition) is 0. The molecule has 3 aromatic rings. The van der Waals surface area contributed by atoms with Gasteiger partial charge in [-0.2, -0.15) is 0 Å². The molecule has 1 heterocycles. The van der Waals surface area contributed by atoms with E-state index in [-0.39, 0.29) is 5.56 Å². The summed E-state index contributed by atoms with van der Waals surface area (Å²) in [7, 11) is 0. The van der Waals surface area contributed by atoms with Crippen molar-refractivity contribution in [1.29, 1.82) is 0 Å². The summed E-state index contributed by atoms with van der Waals surface area (Å²) in [6.07, 6.45) is 3.32. The molecule has 5 heteroatoms. The molecule has 0 saturated carbocycles. The number of benzene rings is 2. The minimum absolute atomic E-state index is 0.181. The number of rotatable bonds is 7. The van der Waals surface area contributed by atoms with Crippen LogP contribution in [0.2, 0.25) is 0 Å². The summed E-state index contributed by atoms with van der Waals surface area (Å²) < 4.78 is 12.3. The monoisotopic (exact) mass is 365 g/mol. The Bertz CT molecular complexity index is 989. The van der Waals surface area contributed by atoms with Crippen molar-refractivity contribution in [3.8, 4) is 11.4 Å². The normalized spacial score (nSPS) is 10.7. The van der Waals surface area contributed by atoms with Crippen LogP contribution in [0.5, 0.6) is 5.75 Å². The molecule has 3 rings (SSSR count). The Hall–Kier alpha value is -3.08. The predicted molar refractivity (Wildman–Crippen MR) is 106 cm³/mol. The molecule has 0 aliphatic heterocycles. The topological polar surface area (TPSA) is 57.5 Å². The van der Waals surface area contributed by atoms with E-state index in [9.17, 15) is 9.59 Å². The first-order chi connectivity index (χ1) is 13.2. The number of esters is 1. The van der Waals surface area contributed by atoms with E-state index in [0.717, 1.165) is 18.6 Å². The maximum Gasteiger partial charge on any atom is 0.340 e. The Morgan fingerprint density at radius 2 is 1.70 bits per heavy atom. The molecule has 1 aromatic heterocycles. The van der Waals surface area contributed by atoms with Gasteiger partial charge < -0.3 is 9.47 Å². The molecule has 0 atom stereocenters. The average Bonchev–Trinajstić information content (AvgIpc) is 2.69. The Balaban J connectivity index is 2.09. The highest BCUT2D eigenvalue weighted by molar-refractivity contribution is 6.04. The quantitative estimate of drug-likeness (QED) is 0.461. The highest BCUT2D eigenvalue weighted by Crippen LogP contribution is 2.20. The molecule has 0 saturated heterocycles. The van der Waals surface area contributed by atoms with Crippen LogP contribution in [0.25, 0.3) is 16.5 Å². The lowest BCUT2D eigenvalue weighted by atomic mass is 10.1. The SMILES string of the molecule is CCCCOC(=O)c1cn(-c2ccc(OCC)cc2)c(=O)c2ccccc12. The zero-order valence-corrected chi connectivity index (χ0v) is 15.6. The molecule has 5 nitrogen and oxygen atoms in total. The third-order valence-corrected chi connectivity index (χ3v) is 4.30. The fourth-order valence-corrected chi connectivity index (χ4v) is 2.90. The summed E-state index contributed by atoms with van der Waals surface area (Å²) in [5, 5.41) is 1.09. The van der Waals surface area contributed by atoms with Gasteiger partial charge in [0.15, 0.2) is 0 Å². The predicted octanol–water partition coefficient (Wildman–Crippen LogP) is 4.35. The molecule has 0 spiro atoms. The summed E-state index contributed by atoms with van der Waals surface area (Å²) in [6.45, 7) is 4.89. The molecule has 140 valence electrons. The van der Waals surface area contributed by atoms with Gasteiger partial charge in [0.05, 0.1) is 18.8 Å². The molecule has 0 amide bonds. The van der Waals surface area contributed by atoms with Gasteiger partial charge in [0.2, 0.25) is 0 Å². The van der Waals surface area contributed by atoms with E-state index >= 15 is 0 Å². The molecule has 0 aliphatic carbocycles. The number of nitrogens with zero attached hydrogens (tertiary/aromatic N) is 1. The van der Waals surface area contributed by atoms with Gasteiger partial charge in [0.25, 0.3) is 5.56 Å². The van der Waals surface area contributed by atoms with Gasteiger partial charge >= 0.3 is 5.97 Å². The number of aromatic nitrogens is 1. The molecule has 0 radical (unpaired) electrons. The molecule has 0 bridgehead atoms. The molecule has 0 aliphatic rings. The number of pyridine rings is 1. The van der Waals surface area contributed by atoms with Crippen LogP contribution < -0.4 is 10.3 Å². The summed E-state index contributed by atoms with van der Waals surface area (Å²) in [4.78, 5) is 25.6. The van der Waals surface area contributed by atoms with Crippen molar-refractivity contribution >= 4 is 16.7 Å². The highest BCUT2D eigenvalue weighted by Gasteiger charge is 2.16. The Morgan fingerprint density at radius 1 is 1.00 bits per heavy atom. The zero-order valence-electron chi connectivity index (χ0n) is 15.6. The highest BCUT2D eigenvalue weighted by atomic mass is 16.5. The second-order valence-electron chi connectivity index (χ2n) is 6.18. The Morgan fingerprint density at radius 3 is 2.37 bits per heavy atom. The second-order valence-corrected chi connectivity index (χ2v) is 6.18. The molecule has 27 heavy (non-hydrogen) atoms. The molecular weight excluding hydrogens is 342 g/mol. The fourth-order valence-electron chi connectivity index (χ4n) is 2.90. The number of unbranched alkanes of at least 4 members (excludes halogenated alkanes) is 1. The minimum atomic E-state index is -0.417. The van der Waals surface area contributed by atoms with Gasteiger partial charge in [0, 0.05) is 22.7 Å². The van der Waals surface area contributed by atoms with Crippen molar-refractivity contribution in [3.05, 3.63) is 70.6 Å². The molecule has 0 unspecified atom stereocenters. The lowest BCUT2D eigenvalue weighted by Gasteiger charge is -2.13. The number of carbonyl (C=O) groups excluding carboxylic acids is 1. The van der Waals surface area contributed by atoms with Gasteiger partial charge in [-0.3, -0.25) is 9.36 Å². The van der Waals surface area contributed by atoms with E-state index in [4.69, 9.17) is 9.47 Å². The van der Waals surface area contributed by atoms with Crippen LogP contribution >= 0.6 is 0 Å². The van der Waals surface area contributed by atoms with Crippen LogP contribution in [0.3, 0.4) is 0 Å². The summed E-state index contributed by atoms with van der Waals surface area (Å²) in [5.74, 6) is 0.314. The van der Waals surface area contributed by atoms with Crippen molar-refractivity contribution in [2.24, 2.45) is 0 Å². The molecular formula is C22H23NO4. The smallest absolute Gasteiger partial charge is 0.340 e. The van der Waals surface area contributed by atoms with Crippen molar-refractivity contribution in [2.45, 2.75) is 26.7 Å². The lowest BCUT2D eigenvalue weighted by molar-refractivity contribution is 0.0501. The van der Waals surface area contributed by atoms with Crippen LogP contribution in [0.4, 0.5) is 0 Å². The first-order valence-corrected chi connectivity index (χ1v) is 9.20. The number of carbonyl (C=O) groups is 1. The van der Waals surface area contributed by atoms with E-state index in [2.05, 4.69) is 0 Å². The van der Waals surface area contributed by atoms with E-state index in [0.29, 0.717) is 35.2 Å². The van der Waals surface area contributed by atoms with Crippen LogP contribution in [0.15, 0.2) is 59.5 Å². The molecule has 2 aromatic carbocycles. The third-order valence-electron chi connectivity index (χ3n) is 4.30. The number of hydrogen-bond acceptors (Lipinski definition) is 4. The van der Waals surface area contributed by atoms with Crippen LogP contribution in [-0.2, 0) is 4.74 Å². The average molecular weight is 365 g/mol. The maximum absolute atomic E-state index is 13.0. The minimum Gasteiger partial charge on any atom is -0.494 e. The van der Waals surface area contributed by atoms with Crippen molar-refractivity contribution in [2.75, 3.05) is 13.2 Å². The van der Waals surface area contributed by atoms with Crippen LogP contribution in [-0.4, -0.2) is 23.8 Å². The van der Waals surface area contributed by atoms with Crippen molar-refractivity contribution in [1.82, 2.24) is 4.57 Å². The van der Waals surface area contributed by atoms with Gasteiger partial charge in [0.1, 0.15) is 5.75 Å².